The van der Waals surface area contributed by atoms with E-state index in [1.165, 1.54) is 24.3 Å². The number of hydrogen-bond acceptors (Lipinski definition) is 5. The van der Waals surface area contributed by atoms with Crippen LogP contribution in [0.15, 0.2) is 72.7 Å². The van der Waals surface area contributed by atoms with Crippen molar-refractivity contribution in [3.63, 3.8) is 0 Å². The summed E-state index contributed by atoms with van der Waals surface area (Å²) in [5, 5.41) is 3.17. The number of nitrogens with zero attached hydrogens (tertiary/aromatic N) is 2. The Morgan fingerprint density at radius 3 is 2.37 bits per heavy atom. The molecule has 0 aliphatic carbocycles. The number of anilines is 2. The van der Waals surface area contributed by atoms with Crippen LogP contribution in [-0.4, -0.2) is 24.9 Å². The third kappa shape index (κ3) is 5.52. The fraction of sp³-hybridized carbons (Fsp3) is 0.200. The molecular formula is C20H24N4O2S. The number of unbranched alkanes of at least 4 members (excludes halogenated alkanes) is 1. The predicted octanol–water partition coefficient (Wildman–Crippen LogP) is 4.40. The van der Waals surface area contributed by atoms with Crippen LogP contribution >= 0.6 is 0 Å². The molecule has 0 atom stereocenters. The summed E-state index contributed by atoms with van der Waals surface area (Å²) in [6.45, 7) is 9.88. The van der Waals surface area contributed by atoms with Crippen molar-refractivity contribution in [1.82, 2.24) is 9.97 Å². The van der Waals surface area contributed by atoms with Crippen LogP contribution in [0.4, 0.5) is 11.6 Å². The van der Waals surface area contributed by atoms with Crippen LogP contribution < -0.4 is 10.0 Å². The molecule has 0 radical (unpaired) electrons. The molecule has 0 saturated carbocycles. The van der Waals surface area contributed by atoms with E-state index in [1.54, 1.807) is 12.1 Å². The van der Waals surface area contributed by atoms with Crippen LogP contribution in [0.3, 0.4) is 0 Å². The lowest BCUT2D eigenvalue weighted by Gasteiger charge is -2.14. The smallest absolute Gasteiger partial charge is 0.263 e. The molecule has 7 heteroatoms. The second kappa shape index (κ2) is 9.68. The Labute approximate surface area is 160 Å². The van der Waals surface area contributed by atoms with E-state index in [-0.39, 0.29) is 10.7 Å². The molecule has 1 aromatic heterocycles. The Hall–Kier alpha value is -2.93. The fourth-order valence-electron chi connectivity index (χ4n) is 2.28. The van der Waals surface area contributed by atoms with Crippen molar-refractivity contribution >= 4 is 32.7 Å². The molecule has 0 unspecified atom stereocenters. The minimum Gasteiger partial charge on any atom is -0.367 e. The van der Waals surface area contributed by atoms with Crippen LogP contribution in [0.5, 0.6) is 0 Å². The highest BCUT2D eigenvalue weighted by Crippen LogP contribution is 2.24. The first-order valence-electron chi connectivity index (χ1n) is 8.67. The first kappa shape index (κ1) is 20.4. The van der Waals surface area contributed by atoms with E-state index in [4.69, 9.17) is 0 Å². The quantitative estimate of drug-likeness (QED) is 0.469. The highest BCUT2D eigenvalue weighted by atomic mass is 32.2. The summed E-state index contributed by atoms with van der Waals surface area (Å²) in [4.78, 5) is 9.02. The van der Waals surface area contributed by atoms with Crippen LogP contribution in [0.25, 0.3) is 11.0 Å². The highest BCUT2D eigenvalue weighted by Gasteiger charge is 2.19. The maximum Gasteiger partial charge on any atom is 0.263 e. The van der Waals surface area contributed by atoms with Gasteiger partial charge in [-0.15, -0.1) is 0 Å². The molecule has 2 N–H and O–H groups in total. The molecule has 0 saturated heterocycles. The van der Waals surface area contributed by atoms with Gasteiger partial charge in [-0.3, -0.25) is 4.72 Å². The fourth-order valence-corrected chi connectivity index (χ4v) is 3.33. The number of benzene rings is 1. The van der Waals surface area contributed by atoms with E-state index >= 15 is 0 Å². The van der Waals surface area contributed by atoms with Crippen molar-refractivity contribution in [2.24, 2.45) is 0 Å². The molecule has 0 spiro atoms. The van der Waals surface area contributed by atoms with Crippen molar-refractivity contribution in [3.8, 4) is 0 Å². The number of para-hydroxylation sites is 2. The average Bonchev–Trinajstić information content (AvgIpc) is 2.65. The van der Waals surface area contributed by atoms with E-state index < -0.39 is 10.0 Å². The van der Waals surface area contributed by atoms with Gasteiger partial charge in [0.15, 0.2) is 11.6 Å². The van der Waals surface area contributed by atoms with Crippen molar-refractivity contribution in [1.29, 1.82) is 0 Å². The third-order valence-corrected chi connectivity index (χ3v) is 4.97. The Morgan fingerprint density at radius 1 is 1.11 bits per heavy atom. The number of rotatable bonds is 10. The lowest BCUT2D eigenvalue weighted by Crippen LogP contribution is -2.17. The SMILES string of the molecule is C=C/C=C\C(=C/C=C)S(=O)(=O)Nc1nc2ccccc2nc1NCCCC. The van der Waals surface area contributed by atoms with Crippen molar-refractivity contribution in [2.75, 3.05) is 16.6 Å². The van der Waals surface area contributed by atoms with Gasteiger partial charge in [0.1, 0.15) is 0 Å². The van der Waals surface area contributed by atoms with Gasteiger partial charge in [0, 0.05) is 6.54 Å². The summed E-state index contributed by atoms with van der Waals surface area (Å²) < 4.78 is 28.1. The zero-order valence-corrected chi connectivity index (χ0v) is 16.2. The monoisotopic (exact) mass is 384 g/mol. The molecule has 2 rings (SSSR count). The number of sulfonamides is 1. The maximum atomic E-state index is 12.8. The van der Waals surface area contributed by atoms with E-state index in [0.717, 1.165) is 12.8 Å². The number of hydrogen-bond donors (Lipinski definition) is 2. The first-order valence-corrected chi connectivity index (χ1v) is 10.2. The van der Waals surface area contributed by atoms with Gasteiger partial charge in [0.25, 0.3) is 10.0 Å². The lowest BCUT2D eigenvalue weighted by molar-refractivity contribution is 0.607. The molecule has 142 valence electrons. The van der Waals surface area contributed by atoms with Gasteiger partial charge < -0.3 is 5.32 Å². The topological polar surface area (TPSA) is 84.0 Å². The van der Waals surface area contributed by atoms with Gasteiger partial charge in [-0.2, -0.15) is 0 Å². The molecule has 0 aliphatic heterocycles. The van der Waals surface area contributed by atoms with E-state index in [2.05, 4.69) is 40.1 Å². The van der Waals surface area contributed by atoms with Crippen LogP contribution in [0, 0.1) is 0 Å². The second-order valence-electron chi connectivity index (χ2n) is 5.69. The average molecular weight is 385 g/mol. The number of allylic oxidation sites excluding steroid dienone is 5. The molecule has 2 aromatic rings. The highest BCUT2D eigenvalue weighted by molar-refractivity contribution is 7.96. The molecule has 6 nitrogen and oxygen atoms in total. The summed E-state index contributed by atoms with van der Waals surface area (Å²) in [7, 11) is -3.87. The van der Waals surface area contributed by atoms with Gasteiger partial charge in [-0.1, -0.05) is 56.9 Å². The van der Waals surface area contributed by atoms with Crippen LogP contribution in [0.1, 0.15) is 19.8 Å². The largest absolute Gasteiger partial charge is 0.367 e. The second-order valence-corrected chi connectivity index (χ2v) is 7.38. The number of fused-ring (bicyclic) bond motifs is 1. The van der Waals surface area contributed by atoms with Gasteiger partial charge in [-0.25, -0.2) is 18.4 Å². The summed E-state index contributed by atoms with van der Waals surface area (Å²) in [5.41, 5.74) is 1.29. The van der Waals surface area contributed by atoms with E-state index in [0.29, 0.717) is 23.4 Å². The van der Waals surface area contributed by atoms with Crippen LogP contribution in [0.2, 0.25) is 0 Å². The van der Waals surface area contributed by atoms with Crippen molar-refractivity contribution < 1.29 is 8.42 Å². The summed E-state index contributed by atoms with van der Waals surface area (Å²) in [6, 6.07) is 7.31. The minimum absolute atomic E-state index is 0.0480. The molecule has 1 aromatic carbocycles. The Bertz CT molecular complexity index is 979. The van der Waals surface area contributed by atoms with Crippen LogP contribution in [-0.2, 0) is 10.0 Å². The molecule has 1 heterocycles. The molecule has 0 aliphatic rings. The Balaban J connectivity index is 2.46. The molecular weight excluding hydrogens is 360 g/mol. The predicted molar refractivity (Wildman–Crippen MR) is 113 cm³/mol. The van der Waals surface area contributed by atoms with Gasteiger partial charge in [0.05, 0.1) is 15.9 Å². The number of aromatic nitrogens is 2. The third-order valence-electron chi connectivity index (χ3n) is 3.61. The maximum absolute atomic E-state index is 12.8. The van der Waals surface area contributed by atoms with Crippen molar-refractivity contribution in [2.45, 2.75) is 19.8 Å². The van der Waals surface area contributed by atoms with Gasteiger partial charge in [0.2, 0.25) is 0 Å². The summed E-state index contributed by atoms with van der Waals surface area (Å²) in [6.07, 6.45) is 9.24. The Morgan fingerprint density at radius 2 is 1.78 bits per heavy atom. The van der Waals surface area contributed by atoms with Crippen molar-refractivity contribution in [3.05, 3.63) is 72.7 Å². The minimum atomic E-state index is -3.87. The lowest BCUT2D eigenvalue weighted by atomic mass is 10.3. The normalized spacial score (nSPS) is 12.3. The summed E-state index contributed by atoms with van der Waals surface area (Å²) in [5.74, 6) is 0.558. The van der Waals surface area contributed by atoms with E-state index in [1.807, 2.05) is 18.2 Å². The first-order chi connectivity index (χ1) is 13.0. The number of nitrogens with one attached hydrogen (secondary N) is 2. The standard InChI is InChI=1S/C20H24N4O2S/c1-4-7-12-16(11-6-3)27(25,26)24-20-19(21-15-8-5-2)22-17-13-9-10-14-18(17)23-20/h4,6-7,9-14H,1,3,5,8,15H2,2H3,(H,21,22)(H,23,24)/b12-7-,16-11+. The Kier molecular flexibility index (Phi) is 7.31. The summed E-state index contributed by atoms with van der Waals surface area (Å²) >= 11 is 0. The molecule has 0 fully saturated rings. The van der Waals surface area contributed by atoms with Gasteiger partial charge >= 0.3 is 0 Å². The van der Waals surface area contributed by atoms with E-state index in [9.17, 15) is 8.42 Å². The molecule has 0 bridgehead atoms. The zero-order valence-electron chi connectivity index (χ0n) is 15.4. The molecule has 27 heavy (non-hydrogen) atoms. The van der Waals surface area contributed by atoms with Gasteiger partial charge in [-0.05, 0) is 30.7 Å². The zero-order chi connectivity index (χ0) is 19.7. The molecule has 0 amide bonds.